The molecule has 3 N–H and O–H groups in total. The number of fused-ring (bicyclic) bond motifs is 1. The van der Waals surface area contributed by atoms with Gasteiger partial charge in [-0.05, 0) is 49.2 Å². The van der Waals surface area contributed by atoms with Crippen molar-refractivity contribution in [2.24, 2.45) is 0 Å². The lowest BCUT2D eigenvalue weighted by molar-refractivity contribution is 0.262. The molecule has 1 heterocycles. The minimum atomic E-state index is -0.351. The minimum absolute atomic E-state index is 0.351. The Labute approximate surface area is 192 Å². The summed E-state index contributed by atoms with van der Waals surface area (Å²) in [5, 5.41) is 9.79. The van der Waals surface area contributed by atoms with Crippen LogP contribution in [0.4, 0.5) is 27.7 Å². The molecule has 168 valence electrons. The first-order valence-electron chi connectivity index (χ1n) is 10.4. The number of hydrogen-bond acceptors (Lipinski definition) is 6. The highest BCUT2D eigenvalue weighted by atomic mass is 16.5. The zero-order chi connectivity index (χ0) is 23.4. The molecule has 0 radical (unpaired) electrons. The third-order valence-electron chi connectivity index (χ3n) is 5.29. The molecule has 8 nitrogen and oxygen atoms in total. The van der Waals surface area contributed by atoms with Crippen LogP contribution in [0.15, 0.2) is 60.9 Å². The summed E-state index contributed by atoms with van der Waals surface area (Å²) in [6, 6.07) is 16.4. The third-order valence-corrected chi connectivity index (χ3v) is 5.29. The average Bonchev–Trinajstić information content (AvgIpc) is 2.81. The fourth-order valence-electron chi connectivity index (χ4n) is 3.41. The molecular formula is C25H25N5O3. The Morgan fingerprint density at radius 1 is 0.818 bits per heavy atom. The van der Waals surface area contributed by atoms with Gasteiger partial charge in [0.2, 0.25) is 0 Å². The summed E-state index contributed by atoms with van der Waals surface area (Å²) in [4.78, 5) is 21.4. The quantitative estimate of drug-likeness (QED) is 0.356. The Hall–Kier alpha value is -4.33. The number of benzene rings is 3. The molecule has 2 amide bonds. The average molecular weight is 444 g/mol. The van der Waals surface area contributed by atoms with Crippen LogP contribution < -0.4 is 25.4 Å². The highest BCUT2D eigenvalue weighted by Gasteiger charge is 2.12. The van der Waals surface area contributed by atoms with Gasteiger partial charge >= 0.3 is 6.03 Å². The number of anilines is 4. The standard InChI is InChI=1S/C25H25N5O3/c1-15-8-9-17(10-16(15)2)29-25(31)30-22-7-5-6-21-23(22)26-14-27-24(21)28-18-11-19(32-3)13-20(12-18)33-4/h5-14H,1-4H3,(H,26,27,28)(H2,29,30,31). The van der Waals surface area contributed by atoms with Gasteiger partial charge in [0.1, 0.15) is 23.6 Å². The lowest BCUT2D eigenvalue weighted by Gasteiger charge is -2.14. The molecule has 0 unspecified atom stereocenters. The van der Waals surface area contributed by atoms with Gasteiger partial charge in [0.05, 0.1) is 25.4 Å². The van der Waals surface area contributed by atoms with Crippen molar-refractivity contribution in [1.29, 1.82) is 0 Å². The van der Waals surface area contributed by atoms with Crippen molar-refractivity contribution in [2.75, 3.05) is 30.2 Å². The lowest BCUT2D eigenvalue weighted by atomic mass is 10.1. The Bertz CT molecular complexity index is 1300. The van der Waals surface area contributed by atoms with Crippen LogP contribution in [0.3, 0.4) is 0 Å². The van der Waals surface area contributed by atoms with Gasteiger partial charge in [-0.15, -0.1) is 0 Å². The van der Waals surface area contributed by atoms with Crippen LogP contribution in [0.2, 0.25) is 0 Å². The number of ether oxygens (including phenoxy) is 2. The molecule has 0 fully saturated rings. The summed E-state index contributed by atoms with van der Waals surface area (Å²) < 4.78 is 10.7. The molecule has 0 bridgehead atoms. The molecule has 4 aromatic rings. The van der Waals surface area contributed by atoms with E-state index >= 15 is 0 Å². The molecule has 0 atom stereocenters. The second kappa shape index (κ2) is 9.44. The summed E-state index contributed by atoms with van der Waals surface area (Å²) in [5.41, 5.74) is 4.93. The largest absolute Gasteiger partial charge is 0.497 e. The van der Waals surface area contributed by atoms with Crippen LogP contribution in [-0.4, -0.2) is 30.2 Å². The van der Waals surface area contributed by atoms with Gasteiger partial charge in [0.25, 0.3) is 0 Å². The molecule has 0 saturated heterocycles. The molecule has 3 aromatic carbocycles. The van der Waals surface area contributed by atoms with E-state index in [1.54, 1.807) is 26.4 Å². The number of nitrogens with zero attached hydrogens (tertiary/aromatic N) is 2. The van der Waals surface area contributed by atoms with Gasteiger partial charge in [-0.2, -0.15) is 0 Å². The van der Waals surface area contributed by atoms with E-state index in [9.17, 15) is 4.79 Å². The molecule has 8 heteroatoms. The number of carbonyl (C=O) groups is 1. The van der Waals surface area contributed by atoms with E-state index in [1.807, 2.05) is 56.3 Å². The van der Waals surface area contributed by atoms with Crippen molar-refractivity contribution in [3.8, 4) is 11.5 Å². The molecule has 0 aliphatic carbocycles. The number of urea groups is 1. The van der Waals surface area contributed by atoms with Crippen LogP contribution >= 0.6 is 0 Å². The maximum absolute atomic E-state index is 12.6. The van der Waals surface area contributed by atoms with Gasteiger partial charge in [-0.1, -0.05) is 12.1 Å². The van der Waals surface area contributed by atoms with E-state index in [0.29, 0.717) is 28.5 Å². The number of amides is 2. The van der Waals surface area contributed by atoms with Crippen molar-refractivity contribution in [2.45, 2.75) is 13.8 Å². The van der Waals surface area contributed by atoms with Crippen molar-refractivity contribution in [3.05, 3.63) is 72.1 Å². The molecule has 0 aliphatic rings. The first kappa shape index (κ1) is 21.9. The number of carbonyl (C=O) groups excluding carboxylic acids is 1. The van der Waals surface area contributed by atoms with E-state index in [2.05, 4.69) is 25.9 Å². The predicted octanol–water partition coefficient (Wildman–Crippen LogP) is 5.65. The Morgan fingerprint density at radius 2 is 1.58 bits per heavy atom. The maximum atomic E-state index is 12.6. The van der Waals surface area contributed by atoms with Crippen LogP contribution in [0.5, 0.6) is 11.5 Å². The summed E-state index contributed by atoms with van der Waals surface area (Å²) in [6.45, 7) is 4.04. The smallest absolute Gasteiger partial charge is 0.323 e. The van der Waals surface area contributed by atoms with Crippen LogP contribution in [0.1, 0.15) is 11.1 Å². The van der Waals surface area contributed by atoms with Crippen molar-refractivity contribution in [3.63, 3.8) is 0 Å². The molecular weight excluding hydrogens is 418 g/mol. The summed E-state index contributed by atoms with van der Waals surface area (Å²) in [6.07, 6.45) is 1.45. The fourth-order valence-corrected chi connectivity index (χ4v) is 3.41. The van der Waals surface area contributed by atoms with E-state index < -0.39 is 0 Å². The maximum Gasteiger partial charge on any atom is 0.323 e. The topological polar surface area (TPSA) is 97.4 Å². The predicted molar refractivity (Wildman–Crippen MR) is 131 cm³/mol. The molecule has 0 saturated carbocycles. The van der Waals surface area contributed by atoms with E-state index in [4.69, 9.17) is 9.47 Å². The number of aryl methyl sites for hydroxylation is 2. The van der Waals surface area contributed by atoms with E-state index in [-0.39, 0.29) is 6.03 Å². The number of para-hydroxylation sites is 1. The van der Waals surface area contributed by atoms with Gasteiger partial charge in [-0.3, -0.25) is 0 Å². The highest BCUT2D eigenvalue weighted by molar-refractivity contribution is 6.07. The van der Waals surface area contributed by atoms with E-state index in [1.165, 1.54) is 11.9 Å². The number of aromatic nitrogens is 2. The fraction of sp³-hybridized carbons (Fsp3) is 0.160. The van der Waals surface area contributed by atoms with Crippen LogP contribution in [0.25, 0.3) is 10.9 Å². The number of hydrogen-bond donors (Lipinski definition) is 3. The van der Waals surface area contributed by atoms with Crippen LogP contribution in [0, 0.1) is 13.8 Å². The summed E-state index contributed by atoms with van der Waals surface area (Å²) >= 11 is 0. The number of methoxy groups -OCH3 is 2. The zero-order valence-corrected chi connectivity index (χ0v) is 18.9. The first-order valence-corrected chi connectivity index (χ1v) is 10.4. The van der Waals surface area contributed by atoms with Gasteiger partial charge in [0, 0.05) is 35.0 Å². The highest BCUT2D eigenvalue weighted by Crippen LogP contribution is 2.31. The summed E-state index contributed by atoms with van der Waals surface area (Å²) in [7, 11) is 3.19. The Balaban J connectivity index is 1.60. The van der Waals surface area contributed by atoms with Crippen molar-refractivity contribution < 1.29 is 14.3 Å². The number of nitrogens with one attached hydrogen (secondary N) is 3. The van der Waals surface area contributed by atoms with Crippen molar-refractivity contribution in [1.82, 2.24) is 9.97 Å². The lowest BCUT2D eigenvalue weighted by Crippen LogP contribution is -2.19. The third kappa shape index (κ3) is 4.95. The monoisotopic (exact) mass is 443 g/mol. The molecule has 4 rings (SSSR count). The normalized spacial score (nSPS) is 10.5. The Morgan fingerprint density at radius 3 is 2.27 bits per heavy atom. The van der Waals surface area contributed by atoms with E-state index in [0.717, 1.165) is 22.3 Å². The molecule has 0 aliphatic heterocycles. The molecule has 1 aromatic heterocycles. The van der Waals surface area contributed by atoms with Gasteiger partial charge in [0.15, 0.2) is 0 Å². The second-order valence-corrected chi connectivity index (χ2v) is 7.53. The van der Waals surface area contributed by atoms with Crippen LogP contribution in [-0.2, 0) is 0 Å². The Kier molecular flexibility index (Phi) is 6.26. The molecule has 33 heavy (non-hydrogen) atoms. The minimum Gasteiger partial charge on any atom is -0.497 e. The first-order chi connectivity index (χ1) is 16.0. The summed E-state index contributed by atoms with van der Waals surface area (Å²) in [5.74, 6) is 1.90. The van der Waals surface area contributed by atoms with Crippen molar-refractivity contribution >= 4 is 39.8 Å². The SMILES string of the molecule is COc1cc(Nc2ncnc3c(NC(=O)Nc4ccc(C)c(C)c4)cccc23)cc(OC)c1. The zero-order valence-electron chi connectivity index (χ0n) is 18.9. The van der Waals surface area contributed by atoms with Gasteiger partial charge < -0.3 is 25.4 Å². The second-order valence-electron chi connectivity index (χ2n) is 7.53. The molecule has 0 spiro atoms. The van der Waals surface area contributed by atoms with Gasteiger partial charge in [-0.25, -0.2) is 14.8 Å². The number of rotatable bonds is 6.